The third-order valence-corrected chi connectivity index (χ3v) is 6.79. The van der Waals surface area contributed by atoms with E-state index in [4.69, 9.17) is 4.74 Å². The molecule has 26 heavy (non-hydrogen) atoms. The molecular formula is C16H16N2O6S2. The van der Waals surface area contributed by atoms with E-state index >= 15 is 0 Å². The molecule has 0 radical (unpaired) electrons. The molecule has 138 valence electrons. The number of hydrogen-bond donors (Lipinski definition) is 0. The molecule has 0 unspecified atom stereocenters. The highest BCUT2D eigenvalue weighted by molar-refractivity contribution is 7.89. The predicted octanol–water partition coefficient (Wildman–Crippen LogP) is 2.70. The fraction of sp³-hybridized carbons (Fsp3) is 0.312. The fourth-order valence-corrected chi connectivity index (χ4v) is 4.84. The Bertz CT molecular complexity index is 918. The molecule has 0 N–H and O–H groups in total. The van der Waals surface area contributed by atoms with E-state index in [1.165, 1.54) is 27.8 Å². The second-order valence-electron chi connectivity index (χ2n) is 5.69. The van der Waals surface area contributed by atoms with Gasteiger partial charge >= 0.3 is 5.69 Å². The van der Waals surface area contributed by atoms with Crippen molar-refractivity contribution in [3.05, 3.63) is 50.7 Å². The van der Waals surface area contributed by atoms with Crippen LogP contribution < -0.4 is 4.74 Å². The Kier molecular flexibility index (Phi) is 5.35. The first-order valence-corrected chi connectivity index (χ1v) is 10.2. The molecule has 1 saturated heterocycles. The average molecular weight is 396 g/mol. The Morgan fingerprint density at radius 3 is 2.62 bits per heavy atom. The van der Waals surface area contributed by atoms with Gasteiger partial charge in [-0.25, -0.2) is 8.42 Å². The standard InChI is InChI=1S/C16H16N2O6S2/c19-14(16-4-3-9-25-16)11-24-15-6-5-12(10-13(15)18(20)21)26(22,23)17-7-1-2-8-17/h3-6,9-10H,1-2,7-8,11H2. The fourth-order valence-electron chi connectivity index (χ4n) is 2.65. The van der Waals surface area contributed by atoms with Crippen molar-refractivity contribution in [2.24, 2.45) is 0 Å². The van der Waals surface area contributed by atoms with Gasteiger partial charge in [0.15, 0.2) is 12.4 Å². The van der Waals surface area contributed by atoms with Crippen LogP contribution in [-0.4, -0.2) is 43.1 Å². The van der Waals surface area contributed by atoms with Gasteiger partial charge in [0.25, 0.3) is 0 Å². The maximum Gasteiger partial charge on any atom is 0.312 e. The van der Waals surface area contributed by atoms with Gasteiger partial charge in [0.2, 0.25) is 15.8 Å². The van der Waals surface area contributed by atoms with Crippen molar-refractivity contribution < 1.29 is 22.9 Å². The van der Waals surface area contributed by atoms with Crippen LogP contribution in [0.1, 0.15) is 22.5 Å². The molecule has 2 heterocycles. The highest BCUT2D eigenvalue weighted by atomic mass is 32.2. The molecular weight excluding hydrogens is 380 g/mol. The summed E-state index contributed by atoms with van der Waals surface area (Å²) in [6.45, 7) is 0.451. The van der Waals surface area contributed by atoms with E-state index in [0.717, 1.165) is 18.9 Å². The number of benzene rings is 1. The number of nitro groups is 1. The Morgan fingerprint density at radius 2 is 2.00 bits per heavy atom. The Morgan fingerprint density at radius 1 is 1.27 bits per heavy atom. The molecule has 3 rings (SSSR count). The molecule has 0 spiro atoms. The van der Waals surface area contributed by atoms with Gasteiger partial charge < -0.3 is 4.74 Å². The number of rotatable bonds is 7. The van der Waals surface area contributed by atoms with Gasteiger partial charge in [0, 0.05) is 19.2 Å². The molecule has 0 saturated carbocycles. The number of Topliss-reactive ketones (excluding diaryl/α,β-unsaturated/α-hetero) is 1. The largest absolute Gasteiger partial charge is 0.478 e. The Hall–Kier alpha value is -2.30. The Balaban J connectivity index is 1.83. The lowest BCUT2D eigenvalue weighted by Crippen LogP contribution is -2.27. The molecule has 1 aliphatic heterocycles. The van der Waals surface area contributed by atoms with E-state index in [1.54, 1.807) is 17.5 Å². The lowest BCUT2D eigenvalue weighted by Gasteiger charge is -2.15. The first-order valence-electron chi connectivity index (χ1n) is 7.87. The quantitative estimate of drug-likeness (QED) is 0.405. The summed E-state index contributed by atoms with van der Waals surface area (Å²) >= 11 is 1.25. The van der Waals surface area contributed by atoms with Gasteiger partial charge in [-0.2, -0.15) is 4.31 Å². The predicted molar refractivity (Wildman–Crippen MR) is 95.2 cm³/mol. The van der Waals surface area contributed by atoms with Gasteiger partial charge in [-0.05, 0) is 36.4 Å². The monoisotopic (exact) mass is 396 g/mol. The van der Waals surface area contributed by atoms with E-state index in [9.17, 15) is 23.3 Å². The molecule has 1 fully saturated rings. The van der Waals surface area contributed by atoms with Crippen molar-refractivity contribution in [2.75, 3.05) is 19.7 Å². The average Bonchev–Trinajstić information content (AvgIpc) is 3.32. The van der Waals surface area contributed by atoms with Crippen LogP contribution in [0.5, 0.6) is 5.75 Å². The second kappa shape index (κ2) is 7.52. The number of ether oxygens (including phenoxy) is 1. The maximum atomic E-state index is 12.6. The van der Waals surface area contributed by atoms with Crippen molar-refractivity contribution in [1.82, 2.24) is 4.31 Å². The van der Waals surface area contributed by atoms with Gasteiger partial charge in [0.1, 0.15) is 0 Å². The van der Waals surface area contributed by atoms with Crippen LogP contribution in [0.25, 0.3) is 0 Å². The van der Waals surface area contributed by atoms with Gasteiger partial charge in [0.05, 0.1) is 14.7 Å². The number of carbonyl (C=O) groups excluding carboxylic acids is 1. The summed E-state index contributed by atoms with van der Waals surface area (Å²) in [6.07, 6.45) is 1.54. The summed E-state index contributed by atoms with van der Waals surface area (Å²) < 4.78 is 31.7. The van der Waals surface area contributed by atoms with Crippen molar-refractivity contribution in [1.29, 1.82) is 0 Å². The molecule has 0 aliphatic carbocycles. The number of thiophene rings is 1. The zero-order chi connectivity index (χ0) is 18.7. The lowest BCUT2D eigenvalue weighted by molar-refractivity contribution is -0.386. The third-order valence-electron chi connectivity index (χ3n) is 3.98. The van der Waals surface area contributed by atoms with Crippen LogP contribution >= 0.6 is 11.3 Å². The highest BCUT2D eigenvalue weighted by Crippen LogP contribution is 2.32. The maximum absolute atomic E-state index is 12.6. The number of nitro benzene ring substituents is 1. The molecule has 1 aliphatic rings. The molecule has 1 aromatic heterocycles. The van der Waals surface area contributed by atoms with E-state index < -0.39 is 20.6 Å². The molecule has 8 nitrogen and oxygen atoms in total. The van der Waals surface area contributed by atoms with E-state index in [0.29, 0.717) is 18.0 Å². The topological polar surface area (TPSA) is 107 Å². The van der Waals surface area contributed by atoms with Crippen LogP contribution in [0.2, 0.25) is 0 Å². The molecule has 10 heteroatoms. The number of sulfonamides is 1. The van der Waals surface area contributed by atoms with Crippen LogP contribution in [-0.2, 0) is 10.0 Å². The summed E-state index contributed by atoms with van der Waals surface area (Å²) in [4.78, 5) is 22.9. The van der Waals surface area contributed by atoms with Crippen molar-refractivity contribution in [2.45, 2.75) is 17.7 Å². The minimum atomic E-state index is -3.77. The summed E-state index contributed by atoms with van der Waals surface area (Å²) in [5, 5.41) is 13.1. The molecule has 0 bridgehead atoms. The van der Waals surface area contributed by atoms with E-state index in [2.05, 4.69) is 0 Å². The third kappa shape index (κ3) is 3.76. The van der Waals surface area contributed by atoms with Crippen molar-refractivity contribution in [3.8, 4) is 5.75 Å². The normalized spacial score (nSPS) is 15.1. The number of hydrogen-bond acceptors (Lipinski definition) is 7. The minimum absolute atomic E-state index is 0.139. The summed E-state index contributed by atoms with van der Waals surface area (Å²) in [7, 11) is -3.77. The number of nitrogens with zero attached hydrogens (tertiary/aromatic N) is 2. The molecule has 0 atom stereocenters. The van der Waals surface area contributed by atoms with Crippen LogP contribution in [0.15, 0.2) is 40.6 Å². The van der Waals surface area contributed by atoms with Crippen LogP contribution in [0.3, 0.4) is 0 Å². The summed E-state index contributed by atoms with van der Waals surface area (Å²) in [6, 6.07) is 6.84. The minimum Gasteiger partial charge on any atom is -0.478 e. The lowest BCUT2D eigenvalue weighted by atomic mass is 10.3. The first kappa shape index (κ1) is 18.5. The number of ketones is 1. The van der Waals surface area contributed by atoms with Crippen LogP contribution in [0, 0.1) is 10.1 Å². The van der Waals surface area contributed by atoms with E-state index in [1.807, 2.05) is 0 Å². The SMILES string of the molecule is O=C(COc1ccc(S(=O)(=O)N2CCCC2)cc1[N+](=O)[O-])c1cccs1. The van der Waals surface area contributed by atoms with Gasteiger partial charge in [-0.1, -0.05) is 6.07 Å². The first-order chi connectivity index (χ1) is 12.4. The van der Waals surface area contributed by atoms with Gasteiger partial charge in [-0.15, -0.1) is 11.3 Å². The number of carbonyl (C=O) groups is 1. The second-order valence-corrected chi connectivity index (χ2v) is 8.57. The smallest absolute Gasteiger partial charge is 0.312 e. The summed E-state index contributed by atoms with van der Waals surface area (Å²) in [5.74, 6) is -0.441. The van der Waals surface area contributed by atoms with E-state index in [-0.39, 0.29) is 23.0 Å². The Labute approximate surface area is 154 Å². The molecule has 2 aromatic rings. The van der Waals surface area contributed by atoms with Crippen LogP contribution in [0.4, 0.5) is 5.69 Å². The summed E-state index contributed by atoms with van der Waals surface area (Å²) in [5.41, 5.74) is -0.482. The molecule has 0 amide bonds. The zero-order valence-electron chi connectivity index (χ0n) is 13.7. The zero-order valence-corrected chi connectivity index (χ0v) is 15.3. The van der Waals surface area contributed by atoms with Crippen molar-refractivity contribution in [3.63, 3.8) is 0 Å². The highest BCUT2D eigenvalue weighted by Gasteiger charge is 2.30. The molecule has 1 aromatic carbocycles. The van der Waals surface area contributed by atoms with Gasteiger partial charge in [-0.3, -0.25) is 14.9 Å². The van der Waals surface area contributed by atoms with Crippen molar-refractivity contribution >= 4 is 32.8 Å².